The number of hydrogen-bond donors (Lipinski definition) is 1. The number of benzene rings is 3. The number of fused-ring (bicyclic) bond motifs is 1. The lowest BCUT2D eigenvalue weighted by molar-refractivity contribution is 0.414. The molecule has 0 saturated carbocycles. The fraction of sp³-hybridized carbons (Fsp3) is 0.238. The van der Waals surface area contributed by atoms with Crippen molar-refractivity contribution in [1.29, 1.82) is 0 Å². The third-order valence-corrected chi connectivity index (χ3v) is 4.21. The molecule has 0 aromatic heterocycles. The number of hydrogen-bond acceptors (Lipinski definition) is 3. The molecule has 0 amide bonds. The third kappa shape index (κ3) is 3.87. The lowest BCUT2D eigenvalue weighted by Crippen LogP contribution is -2.16. The first-order valence-electron chi connectivity index (χ1n) is 8.19. The topological polar surface area (TPSA) is 30.5 Å². The average molecular weight is 321 g/mol. The molecular weight excluding hydrogens is 298 g/mol. The van der Waals surface area contributed by atoms with Crippen molar-refractivity contribution in [2.24, 2.45) is 0 Å². The van der Waals surface area contributed by atoms with Gasteiger partial charge >= 0.3 is 0 Å². The van der Waals surface area contributed by atoms with Gasteiger partial charge in [0.1, 0.15) is 11.5 Å². The molecule has 0 heterocycles. The van der Waals surface area contributed by atoms with Crippen LogP contribution in [0.25, 0.3) is 10.8 Å². The summed E-state index contributed by atoms with van der Waals surface area (Å²) in [4.78, 5) is 0. The third-order valence-electron chi connectivity index (χ3n) is 4.21. The molecule has 24 heavy (non-hydrogen) atoms. The van der Waals surface area contributed by atoms with Crippen LogP contribution in [0.3, 0.4) is 0 Å². The molecule has 0 aliphatic heterocycles. The van der Waals surface area contributed by atoms with E-state index < -0.39 is 0 Å². The summed E-state index contributed by atoms with van der Waals surface area (Å²) >= 11 is 0. The maximum absolute atomic E-state index is 5.36. The van der Waals surface area contributed by atoms with Gasteiger partial charge in [0, 0.05) is 6.54 Å². The molecule has 3 heteroatoms. The van der Waals surface area contributed by atoms with Crippen molar-refractivity contribution in [3.8, 4) is 11.5 Å². The Balaban J connectivity index is 1.63. The highest BCUT2D eigenvalue weighted by Gasteiger charge is 2.03. The Bertz CT molecular complexity index is 814. The first-order valence-corrected chi connectivity index (χ1v) is 8.19. The van der Waals surface area contributed by atoms with Crippen LogP contribution in [0, 0.1) is 0 Å². The summed E-state index contributed by atoms with van der Waals surface area (Å²) < 4.78 is 10.6. The lowest BCUT2D eigenvalue weighted by Gasteiger charge is -2.10. The Morgan fingerprint density at radius 2 is 1.62 bits per heavy atom. The highest BCUT2D eigenvalue weighted by molar-refractivity contribution is 5.87. The number of rotatable bonds is 7. The van der Waals surface area contributed by atoms with Crippen LogP contribution in [0.4, 0.5) is 0 Å². The highest BCUT2D eigenvalue weighted by Crippen LogP contribution is 2.24. The van der Waals surface area contributed by atoms with Crippen molar-refractivity contribution >= 4 is 10.8 Å². The van der Waals surface area contributed by atoms with Gasteiger partial charge in [-0.25, -0.2) is 0 Å². The standard InChI is InChI=1S/C21H23NO2/c1-23-19-8-3-5-16(13-19)15-22-12-11-18-7-4-6-17-9-10-20(24-2)14-21(17)18/h3-10,13-14,22H,11-12,15H2,1-2H3. The van der Waals surface area contributed by atoms with Gasteiger partial charge in [0.2, 0.25) is 0 Å². The molecule has 3 aromatic rings. The quantitative estimate of drug-likeness (QED) is 0.662. The normalized spacial score (nSPS) is 10.8. The van der Waals surface area contributed by atoms with E-state index in [0.29, 0.717) is 0 Å². The molecule has 0 atom stereocenters. The molecule has 3 rings (SSSR count). The Kier molecular flexibility index (Phi) is 5.34. The summed E-state index contributed by atoms with van der Waals surface area (Å²) in [5, 5.41) is 6.02. The minimum absolute atomic E-state index is 0.839. The van der Waals surface area contributed by atoms with Crippen LogP contribution >= 0.6 is 0 Å². The van der Waals surface area contributed by atoms with E-state index in [4.69, 9.17) is 9.47 Å². The van der Waals surface area contributed by atoms with Gasteiger partial charge in [-0.3, -0.25) is 0 Å². The van der Waals surface area contributed by atoms with Gasteiger partial charge in [-0.2, -0.15) is 0 Å². The molecule has 0 radical (unpaired) electrons. The van der Waals surface area contributed by atoms with Gasteiger partial charge < -0.3 is 14.8 Å². The Hall–Kier alpha value is -2.52. The zero-order chi connectivity index (χ0) is 16.8. The van der Waals surface area contributed by atoms with Crippen molar-refractivity contribution in [3.05, 3.63) is 71.8 Å². The second-order valence-electron chi connectivity index (χ2n) is 5.78. The second-order valence-corrected chi connectivity index (χ2v) is 5.78. The number of methoxy groups -OCH3 is 2. The van der Waals surface area contributed by atoms with Crippen LogP contribution in [0.15, 0.2) is 60.7 Å². The van der Waals surface area contributed by atoms with Crippen LogP contribution in [0.2, 0.25) is 0 Å². The summed E-state index contributed by atoms with van der Waals surface area (Å²) in [5.41, 5.74) is 2.57. The molecule has 0 aliphatic rings. The summed E-state index contributed by atoms with van der Waals surface area (Å²) in [6.45, 7) is 1.76. The van der Waals surface area contributed by atoms with Gasteiger partial charge in [0.25, 0.3) is 0 Å². The fourth-order valence-corrected chi connectivity index (χ4v) is 2.90. The van der Waals surface area contributed by atoms with Crippen LogP contribution in [0.1, 0.15) is 11.1 Å². The fourth-order valence-electron chi connectivity index (χ4n) is 2.90. The Morgan fingerprint density at radius 1 is 0.833 bits per heavy atom. The van der Waals surface area contributed by atoms with E-state index in [9.17, 15) is 0 Å². The predicted molar refractivity (Wildman–Crippen MR) is 98.9 cm³/mol. The summed E-state index contributed by atoms with van der Waals surface area (Å²) in [5.74, 6) is 1.80. The van der Waals surface area contributed by atoms with E-state index in [1.54, 1.807) is 14.2 Å². The SMILES string of the molecule is COc1cccc(CNCCc2cccc3ccc(OC)cc23)c1. The monoisotopic (exact) mass is 321 g/mol. The Labute approximate surface area is 143 Å². The van der Waals surface area contributed by atoms with Crippen molar-refractivity contribution < 1.29 is 9.47 Å². The molecule has 0 unspecified atom stereocenters. The highest BCUT2D eigenvalue weighted by atomic mass is 16.5. The maximum Gasteiger partial charge on any atom is 0.119 e. The van der Waals surface area contributed by atoms with Crippen LogP contribution in [-0.4, -0.2) is 20.8 Å². The predicted octanol–water partition coefficient (Wildman–Crippen LogP) is 4.19. The molecular formula is C21H23NO2. The Morgan fingerprint density at radius 3 is 2.46 bits per heavy atom. The van der Waals surface area contributed by atoms with E-state index in [2.05, 4.69) is 47.8 Å². The zero-order valence-electron chi connectivity index (χ0n) is 14.2. The van der Waals surface area contributed by atoms with Crippen LogP contribution < -0.4 is 14.8 Å². The second kappa shape index (κ2) is 7.84. The van der Waals surface area contributed by atoms with Crippen LogP contribution in [-0.2, 0) is 13.0 Å². The summed E-state index contributed by atoms with van der Waals surface area (Å²) in [6, 6.07) is 20.8. The molecule has 0 spiro atoms. The molecule has 124 valence electrons. The van der Waals surface area contributed by atoms with E-state index in [1.807, 2.05) is 18.2 Å². The molecule has 0 saturated heterocycles. The molecule has 1 N–H and O–H groups in total. The summed E-state index contributed by atoms with van der Waals surface area (Å²) in [7, 11) is 3.40. The van der Waals surface area contributed by atoms with Crippen LogP contribution in [0.5, 0.6) is 11.5 Å². The van der Waals surface area contributed by atoms with Gasteiger partial charge in [-0.1, -0.05) is 36.4 Å². The molecule has 3 nitrogen and oxygen atoms in total. The van der Waals surface area contributed by atoms with Gasteiger partial charge in [-0.05, 0) is 59.1 Å². The van der Waals surface area contributed by atoms with Crippen molar-refractivity contribution in [1.82, 2.24) is 5.32 Å². The van der Waals surface area contributed by atoms with E-state index in [1.165, 1.54) is 21.9 Å². The van der Waals surface area contributed by atoms with Gasteiger partial charge in [0.05, 0.1) is 14.2 Å². The minimum atomic E-state index is 0.839. The smallest absolute Gasteiger partial charge is 0.119 e. The molecule has 3 aromatic carbocycles. The van der Waals surface area contributed by atoms with E-state index in [-0.39, 0.29) is 0 Å². The maximum atomic E-state index is 5.36. The molecule has 0 aliphatic carbocycles. The zero-order valence-corrected chi connectivity index (χ0v) is 14.2. The van der Waals surface area contributed by atoms with Gasteiger partial charge in [-0.15, -0.1) is 0 Å². The van der Waals surface area contributed by atoms with Crippen molar-refractivity contribution in [2.75, 3.05) is 20.8 Å². The number of ether oxygens (including phenoxy) is 2. The molecule has 0 bridgehead atoms. The first kappa shape index (κ1) is 16.3. The summed E-state index contributed by atoms with van der Waals surface area (Å²) in [6.07, 6.45) is 0.981. The van der Waals surface area contributed by atoms with E-state index in [0.717, 1.165) is 31.0 Å². The van der Waals surface area contributed by atoms with E-state index >= 15 is 0 Å². The average Bonchev–Trinajstić information content (AvgIpc) is 2.65. The minimum Gasteiger partial charge on any atom is -0.497 e. The largest absolute Gasteiger partial charge is 0.497 e. The van der Waals surface area contributed by atoms with Gasteiger partial charge in [0.15, 0.2) is 0 Å². The lowest BCUT2D eigenvalue weighted by atomic mass is 10.0. The number of nitrogens with one attached hydrogen (secondary N) is 1. The molecule has 0 fully saturated rings. The van der Waals surface area contributed by atoms with Crippen molar-refractivity contribution in [2.45, 2.75) is 13.0 Å². The van der Waals surface area contributed by atoms with Crippen molar-refractivity contribution in [3.63, 3.8) is 0 Å². The first-order chi connectivity index (χ1) is 11.8.